The van der Waals surface area contributed by atoms with E-state index in [4.69, 9.17) is 9.26 Å². The van der Waals surface area contributed by atoms with Crippen molar-refractivity contribution >= 4 is 19.7 Å². The zero-order valence-electron chi connectivity index (χ0n) is 16.2. The summed E-state index contributed by atoms with van der Waals surface area (Å²) >= 11 is 0. The molecule has 3 atom stereocenters. The van der Waals surface area contributed by atoms with Crippen molar-refractivity contribution in [3.8, 4) is 0 Å². The second kappa shape index (κ2) is 10.8. The number of ether oxygens (including phenoxy) is 2. The Hall–Kier alpha value is -2.67. The Balaban J connectivity index is 2.10. The minimum atomic E-state index is -4.45. The highest BCUT2D eigenvalue weighted by molar-refractivity contribution is 7.53. The smallest absolute Gasteiger partial charge is 0.408 e. The molecule has 0 aliphatic heterocycles. The van der Waals surface area contributed by atoms with Crippen molar-refractivity contribution < 1.29 is 33.0 Å². The van der Waals surface area contributed by atoms with Crippen LogP contribution in [0.25, 0.3) is 0 Å². The molecule has 156 valence electrons. The second-order valence-corrected chi connectivity index (χ2v) is 8.21. The molecule has 3 unspecified atom stereocenters. The van der Waals surface area contributed by atoms with Gasteiger partial charge >= 0.3 is 19.7 Å². The summed E-state index contributed by atoms with van der Waals surface area (Å²) < 4.78 is 27.5. The average Bonchev–Trinajstić information content (AvgIpc) is 2.72. The molecule has 0 aliphatic rings. The number of hydrogen-bond acceptors (Lipinski definition) is 6. The van der Waals surface area contributed by atoms with E-state index in [1.807, 2.05) is 6.07 Å². The first-order valence-electron chi connectivity index (χ1n) is 8.91. The molecule has 0 aromatic heterocycles. The summed E-state index contributed by atoms with van der Waals surface area (Å²) in [4.78, 5) is 34.2. The highest BCUT2D eigenvalue weighted by atomic mass is 31.2. The van der Waals surface area contributed by atoms with Gasteiger partial charge in [0.05, 0.1) is 7.11 Å². The Morgan fingerprint density at radius 2 is 1.59 bits per heavy atom. The first kappa shape index (κ1) is 22.6. The monoisotopic (exact) mass is 421 g/mol. The van der Waals surface area contributed by atoms with Crippen LogP contribution in [-0.2, 0) is 36.4 Å². The van der Waals surface area contributed by atoms with Gasteiger partial charge in [-0.15, -0.1) is 0 Å². The quantitative estimate of drug-likeness (QED) is 0.472. The van der Waals surface area contributed by atoms with Crippen LogP contribution in [0.15, 0.2) is 60.7 Å². The van der Waals surface area contributed by atoms with Crippen molar-refractivity contribution in [2.45, 2.75) is 31.8 Å². The Morgan fingerprint density at radius 3 is 2.14 bits per heavy atom. The number of alkyl carbamates (subject to hydrolysis) is 1. The summed E-state index contributed by atoms with van der Waals surface area (Å²) in [5.74, 6) is -2.12. The topological polar surface area (TPSA) is 111 Å². The van der Waals surface area contributed by atoms with Crippen LogP contribution in [0.3, 0.4) is 0 Å². The van der Waals surface area contributed by atoms with E-state index in [2.05, 4.69) is 10.1 Å². The number of nitrogens with one attached hydrogen (secondary N) is 1. The predicted molar refractivity (Wildman–Crippen MR) is 106 cm³/mol. The lowest BCUT2D eigenvalue weighted by molar-refractivity contribution is -0.148. The molecule has 9 heteroatoms. The zero-order valence-corrected chi connectivity index (χ0v) is 17.1. The van der Waals surface area contributed by atoms with Crippen LogP contribution >= 0.6 is 7.60 Å². The van der Waals surface area contributed by atoms with E-state index in [0.29, 0.717) is 5.56 Å². The maximum atomic E-state index is 12.8. The van der Waals surface area contributed by atoms with Gasteiger partial charge < -0.3 is 19.7 Å². The maximum Gasteiger partial charge on any atom is 0.408 e. The van der Waals surface area contributed by atoms with Crippen LogP contribution in [0, 0.1) is 0 Å². The van der Waals surface area contributed by atoms with Crippen LogP contribution in [0.5, 0.6) is 0 Å². The van der Waals surface area contributed by atoms with E-state index in [1.165, 1.54) is 6.92 Å². The minimum Gasteiger partial charge on any atom is -0.467 e. The molecule has 1 amide bonds. The van der Waals surface area contributed by atoms with E-state index < -0.39 is 31.5 Å². The molecule has 2 N–H and O–H groups in total. The fourth-order valence-corrected chi connectivity index (χ4v) is 3.89. The number of carbonyl (C=O) groups excluding carboxylic acids is 2. The number of rotatable bonds is 9. The molecule has 0 saturated carbocycles. The van der Waals surface area contributed by atoms with Crippen LogP contribution in [0.4, 0.5) is 4.79 Å². The summed E-state index contributed by atoms with van der Waals surface area (Å²) in [5.41, 5.74) is 1.47. The van der Waals surface area contributed by atoms with Gasteiger partial charge in [0.25, 0.3) is 0 Å². The molecule has 29 heavy (non-hydrogen) atoms. The maximum absolute atomic E-state index is 12.8. The lowest BCUT2D eigenvalue weighted by atomic mass is 10.1. The van der Waals surface area contributed by atoms with E-state index >= 15 is 0 Å². The summed E-state index contributed by atoms with van der Waals surface area (Å²) in [6.45, 7) is 1.29. The normalized spacial score (nSPS) is 14.9. The standard InChI is InChI=1S/C20H24NO7P/c1-15(19(22)26-2)28-29(24,25)18(13-16-9-5-3-6-10-16)21-20(23)27-14-17-11-7-4-8-12-17/h3-12,15,18H,13-14H2,1-2H3,(H,21,23)(H,24,25). The lowest BCUT2D eigenvalue weighted by Gasteiger charge is -2.25. The van der Waals surface area contributed by atoms with E-state index in [1.54, 1.807) is 54.6 Å². The molecule has 8 nitrogen and oxygen atoms in total. The number of benzene rings is 2. The van der Waals surface area contributed by atoms with E-state index in [0.717, 1.165) is 12.7 Å². The third-order valence-corrected chi connectivity index (χ3v) is 5.72. The Morgan fingerprint density at radius 1 is 1.03 bits per heavy atom. The van der Waals surface area contributed by atoms with Gasteiger partial charge in [0.1, 0.15) is 12.4 Å². The van der Waals surface area contributed by atoms with Crippen molar-refractivity contribution in [1.29, 1.82) is 0 Å². The molecular formula is C20H24NO7P. The summed E-state index contributed by atoms with van der Waals surface area (Å²) in [5, 5.41) is 2.39. The van der Waals surface area contributed by atoms with Gasteiger partial charge in [0.15, 0.2) is 6.10 Å². The number of hydrogen-bond donors (Lipinski definition) is 2. The highest BCUT2D eigenvalue weighted by Crippen LogP contribution is 2.48. The molecule has 2 rings (SSSR count). The second-order valence-electron chi connectivity index (χ2n) is 6.25. The van der Waals surface area contributed by atoms with Crippen molar-refractivity contribution in [3.63, 3.8) is 0 Å². The summed E-state index contributed by atoms with van der Waals surface area (Å²) in [6, 6.07) is 17.8. The molecule has 0 bridgehead atoms. The fourth-order valence-electron chi connectivity index (χ4n) is 2.50. The predicted octanol–water partition coefficient (Wildman–Crippen LogP) is 3.25. The number of methoxy groups -OCH3 is 1. The van der Waals surface area contributed by atoms with Gasteiger partial charge in [-0.25, -0.2) is 9.59 Å². The van der Waals surface area contributed by atoms with Gasteiger partial charge in [-0.05, 0) is 18.1 Å². The van der Waals surface area contributed by atoms with Crippen LogP contribution < -0.4 is 5.32 Å². The van der Waals surface area contributed by atoms with E-state index in [-0.39, 0.29) is 13.0 Å². The van der Waals surface area contributed by atoms with Crippen molar-refractivity contribution in [3.05, 3.63) is 71.8 Å². The van der Waals surface area contributed by atoms with Crippen LogP contribution in [-0.4, -0.2) is 36.0 Å². The molecule has 2 aromatic rings. The number of carbonyl (C=O) groups is 2. The first-order chi connectivity index (χ1) is 13.8. The van der Waals surface area contributed by atoms with E-state index in [9.17, 15) is 19.0 Å². The zero-order chi connectivity index (χ0) is 21.3. The molecule has 0 radical (unpaired) electrons. The SMILES string of the molecule is COC(=O)C(C)OP(=O)(O)C(Cc1ccccc1)NC(=O)OCc1ccccc1. The fraction of sp³-hybridized carbons (Fsp3) is 0.300. The lowest BCUT2D eigenvalue weighted by Crippen LogP contribution is -2.38. The molecule has 0 aliphatic carbocycles. The number of esters is 1. The third kappa shape index (κ3) is 7.34. The summed E-state index contributed by atoms with van der Waals surface area (Å²) in [6.07, 6.45) is -2.15. The van der Waals surface area contributed by atoms with Gasteiger partial charge in [0, 0.05) is 6.42 Å². The highest BCUT2D eigenvalue weighted by Gasteiger charge is 2.38. The average molecular weight is 421 g/mol. The molecule has 2 aromatic carbocycles. The molecule has 0 spiro atoms. The minimum absolute atomic E-state index is 0.000118. The molecule has 0 saturated heterocycles. The van der Waals surface area contributed by atoms with Gasteiger partial charge in [-0.3, -0.25) is 9.09 Å². The first-order valence-corrected chi connectivity index (χ1v) is 10.6. The summed E-state index contributed by atoms with van der Waals surface area (Å²) in [7, 11) is -3.31. The van der Waals surface area contributed by atoms with Gasteiger partial charge in [-0.2, -0.15) is 0 Å². The Bertz CT molecular complexity index is 844. The van der Waals surface area contributed by atoms with Crippen LogP contribution in [0.2, 0.25) is 0 Å². The van der Waals surface area contributed by atoms with Crippen molar-refractivity contribution in [2.75, 3.05) is 7.11 Å². The molecule has 0 fully saturated rings. The van der Waals surface area contributed by atoms with Gasteiger partial charge in [-0.1, -0.05) is 60.7 Å². The Kier molecular flexibility index (Phi) is 8.39. The van der Waals surface area contributed by atoms with Crippen molar-refractivity contribution in [2.24, 2.45) is 0 Å². The van der Waals surface area contributed by atoms with Crippen LogP contribution in [0.1, 0.15) is 18.1 Å². The Labute approximate surface area is 169 Å². The molecule has 0 heterocycles. The van der Waals surface area contributed by atoms with Gasteiger partial charge in [0.2, 0.25) is 0 Å². The number of amides is 1. The third-order valence-electron chi connectivity index (χ3n) is 4.01. The largest absolute Gasteiger partial charge is 0.467 e. The molecular weight excluding hydrogens is 397 g/mol. The van der Waals surface area contributed by atoms with Crippen molar-refractivity contribution in [1.82, 2.24) is 5.32 Å².